The summed E-state index contributed by atoms with van der Waals surface area (Å²) in [5, 5.41) is 3.30. The van der Waals surface area contributed by atoms with Gasteiger partial charge in [-0.05, 0) is 61.2 Å². The highest BCUT2D eigenvalue weighted by molar-refractivity contribution is 5.60. The molecule has 0 bridgehead atoms. The molecule has 0 fully saturated rings. The third kappa shape index (κ3) is 3.30. The quantitative estimate of drug-likeness (QED) is 0.760. The van der Waals surface area contributed by atoms with Gasteiger partial charge in [0.05, 0.1) is 13.2 Å². The molecule has 6 heteroatoms. The molecule has 2 heterocycles. The molecular weight excluding hydrogens is 345 g/mol. The van der Waals surface area contributed by atoms with Crippen LogP contribution in [0, 0.1) is 12.7 Å². The molecule has 1 N–H and O–H groups in total. The predicted octanol–water partition coefficient (Wildman–Crippen LogP) is 3.98. The third-order valence-corrected chi connectivity index (χ3v) is 4.96. The van der Waals surface area contributed by atoms with Gasteiger partial charge in [-0.15, -0.1) is 0 Å². The zero-order valence-electron chi connectivity index (χ0n) is 15.2. The molecule has 0 radical (unpaired) electrons. The van der Waals surface area contributed by atoms with E-state index < -0.39 is 0 Å². The Balaban J connectivity index is 1.76. The van der Waals surface area contributed by atoms with E-state index in [1.165, 1.54) is 12.1 Å². The summed E-state index contributed by atoms with van der Waals surface area (Å²) in [6, 6.07) is 13.8. The maximum Gasteiger partial charge on any atom is 0.274 e. The van der Waals surface area contributed by atoms with Crippen molar-refractivity contribution in [2.45, 2.75) is 25.8 Å². The molecule has 1 aromatic heterocycles. The first-order valence-corrected chi connectivity index (χ1v) is 8.85. The van der Waals surface area contributed by atoms with Gasteiger partial charge in [-0.3, -0.25) is 4.79 Å². The Morgan fingerprint density at radius 2 is 1.96 bits per heavy atom. The first kappa shape index (κ1) is 17.3. The van der Waals surface area contributed by atoms with Gasteiger partial charge in [0.2, 0.25) is 5.95 Å². The molecule has 1 aliphatic heterocycles. The van der Waals surface area contributed by atoms with Crippen LogP contribution in [0.15, 0.2) is 53.3 Å². The second kappa shape index (κ2) is 6.87. The molecule has 2 aromatic carbocycles. The van der Waals surface area contributed by atoms with Crippen LogP contribution in [-0.4, -0.2) is 16.7 Å². The molecule has 5 nitrogen and oxygen atoms in total. The number of hydrogen-bond acceptors (Lipinski definition) is 4. The van der Waals surface area contributed by atoms with E-state index in [1.807, 2.05) is 29.7 Å². The second-order valence-electron chi connectivity index (χ2n) is 6.69. The first-order chi connectivity index (χ1) is 13.0. The molecule has 0 aliphatic carbocycles. The fraction of sp³-hybridized carbons (Fsp3) is 0.238. The molecule has 1 atom stereocenters. The summed E-state index contributed by atoms with van der Waals surface area (Å²) >= 11 is 0. The van der Waals surface area contributed by atoms with E-state index in [-0.39, 0.29) is 17.4 Å². The Morgan fingerprint density at radius 1 is 1.19 bits per heavy atom. The van der Waals surface area contributed by atoms with E-state index in [0.29, 0.717) is 5.95 Å². The van der Waals surface area contributed by atoms with E-state index in [9.17, 15) is 9.18 Å². The van der Waals surface area contributed by atoms with E-state index >= 15 is 0 Å². The van der Waals surface area contributed by atoms with Gasteiger partial charge in [-0.25, -0.2) is 4.39 Å². The summed E-state index contributed by atoms with van der Waals surface area (Å²) in [5.41, 5.74) is 3.49. The van der Waals surface area contributed by atoms with E-state index in [1.54, 1.807) is 25.3 Å². The molecule has 0 saturated carbocycles. The van der Waals surface area contributed by atoms with Crippen molar-refractivity contribution in [3.8, 4) is 5.75 Å². The Bertz CT molecular complexity index is 1040. The van der Waals surface area contributed by atoms with Crippen molar-refractivity contribution in [1.29, 1.82) is 0 Å². The van der Waals surface area contributed by atoms with E-state index in [2.05, 4.69) is 10.3 Å². The van der Waals surface area contributed by atoms with Crippen LogP contribution in [0.3, 0.4) is 0 Å². The number of aromatic nitrogens is 2. The predicted molar refractivity (Wildman–Crippen MR) is 102 cm³/mol. The van der Waals surface area contributed by atoms with Crippen molar-refractivity contribution < 1.29 is 9.13 Å². The maximum atomic E-state index is 13.3. The standard InChI is InChI=1S/C21H20FN3O2/c1-13-11-17(27-2)8-9-18(13)23-21-24-20(26)12-16-7-10-19(25(16)21)14-3-5-15(22)6-4-14/h3-6,8-9,11-12,19H,7,10H2,1-2H3,(H,23,24,26). The van der Waals surface area contributed by atoms with Crippen LogP contribution in [0.25, 0.3) is 0 Å². The Kier molecular flexibility index (Phi) is 4.39. The topological polar surface area (TPSA) is 56.1 Å². The van der Waals surface area contributed by atoms with Crippen LogP contribution in [0.5, 0.6) is 5.75 Å². The summed E-state index contributed by atoms with van der Waals surface area (Å²) in [6.07, 6.45) is 1.61. The molecule has 1 aliphatic rings. The van der Waals surface area contributed by atoms with Crippen molar-refractivity contribution in [3.05, 3.63) is 81.5 Å². The minimum Gasteiger partial charge on any atom is -0.497 e. The van der Waals surface area contributed by atoms with Crippen LogP contribution < -0.4 is 15.6 Å². The lowest BCUT2D eigenvalue weighted by atomic mass is 10.0. The van der Waals surface area contributed by atoms with E-state index in [0.717, 1.165) is 41.1 Å². The summed E-state index contributed by atoms with van der Waals surface area (Å²) < 4.78 is 20.6. The number of anilines is 2. The fourth-order valence-electron chi connectivity index (χ4n) is 3.61. The number of fused-ring (bicyclic) bond motifs is 1. The molecule has 0 spiro atoms. The van der Waals surface area contributed by atoms with Crippen LogP contribution in [0.4, 0.5) is 16.0 Å². The highest BCUT2D eigenvalue weighted by atomic mass is 19.1. The Hall–Kier alpha value is -3.15. The molecule has 0 saturated heterocycles. The van der Waals surface area contributed by atoms with Crippen molar-refractivity contribution in [2.24, 2.45) is 0 Å². The van der Waals surface area contributed by atoms with Gasteiger partial charge >= 0.3 is 0 Å². The number of aryl methyl sites for hydroxylation is 2. The number of halogens is 1. The molecule has 27 heavy (non-hydrogen) atoms. The molecular formula is C21H20FN3O2. The Morgan fingerprint density at radius 3 is 2.67 bits per heavy atom. The number of ether oxygens (including phenoxy) is 1. The number of nitrogens with one attached hydrogen (secondary N) is 1. The van der Waals surface area contributed by atoms with E-state index in [4.69, 9.17) is 4.74 Å². The molecule has 3 aromatic rings. The molecule has 138 valence electrons. The van der Waals surface area contributed by atoms with Gasteiger partial charge in [-0.1, -0.05) is 12.1 Å². The minimum absolute atomic E-state index is 0.00903. The van der Waals surface area contributed by atoms with Gasteiger partial charge < -0.3 is 14.6 Å². The average molecular weight is 365 g/mol. The minimum atomic E-state index is -0.269. The highest BCUT2D eigenvalue weighted by Gasteiger charge is 2.26. The molecule has 1 unspecified atom stereocenters. The summed E-state index contributed by atoms with van der Waals surface area (Å²) in [6.45, 7) is 1.97. The number of rotatable bonds is 4. The monoisotopic (exact) mass is 365 g/mol. The van der Waals surface area contributed by atoms with Gasteiger partial charge in [0.25, 0.3) is 5.56 Å². The largest absolute Gasteiger partial charge is 0.497 e. The van der Waals surface area contributed by atoms with Crippen molar-refractivity contribution in [3.63, 3.8) is 0 Å². The second-order valence-corrected chi connectivity index (χ2v) is 6.69. The number of nitrogens with zero attached hydrogens (tertiary/aromatic N) is 2. The number of benzene rings is 2. The van der Waals surface area contributed by atoms with Crippen molar-refractivity contribution >= 4 is 11.6 Å². The SMILES string of the molecule is COc1ccc(Nc2nc(=O)cc3n2C(c2ccc(F)cc2)CC3)c(C)c1. The summed E-state index contributed by atoms with van der Waals surface area (Å²) in [4.78, 5) is 16.3. The fourth-order valence-corrected chi connectivity index (χ4v) is 3.61. The summed E-state index contributed by atoms with van der Waals surface area (Å²) in [7, 11) is 1.63. The van der Waals surface area contributed by atoms with Crippen LogP contribution in [-0.2, 0) is 6.42 Å². The first-order valence-electron chi connectivity index (χ1n) is 8.85. The Labute approximate surface area is 156 Å². The third-order valence-electron chi connectivity index (χ3n) is 4.96. The lowest BCUT2D eigenvalue weighted by Crippen LogP contribution is -2.19. The highest BCUT2D eigenvalue weighted by Crippen LogP contribution is 2.35. The smallest absolute Gasteiger partial charge is 0.274 e. The summed E-state index contributed by atoms with van der Waals surface area (Å²) in [5.74, 6) is 1.01. The number of methoxy groups -OCH3 is 1. The number of hydrogen-bond donors (Lipinski definition) is 1. The van der Waals surface area contributed by atoms with Gasteiger partial charge in [-0.2, -0.15) is 4.98 Å². The average Bonchev–Trinajstić information content (AvgIpc) is 3.07. The zero-order chi connectivity index (χ0) is 19.0. The normalized spacial score (nSPS) is 15.4. The van der Waals surface area contributed by atoms with Crippen molar-refractivity contribution in [2.75, 3.05) is 12.4 Å². The van der Waals surface area contributed by atoms with Gasteiger partial charge in [0, 0.05) is 17.4 Å². The lowest BCUT2D eigenvalue weighted by Gasteiger charge is -2.21. The van der Waals surface area contributed by atoms with Crippen LogP contribution >= 0.6 is 0 Å². The van der Waals surface area contributed by atoms with Gasteiger partial charge in [0.15, 0.2) is 0 Å². The van der Waals surface area contributed by atoms with Gasteiger partial charge in [0.1, 0.15) is 11.6 Å². The van der Waals surface area contributed by atoms with Crippen molar-refractivity contribution in [1.82, 2.24) is 9.55 Å². The van der Waals surface area contributed by atoms with Crippen LogP contribution in [0.1, 0.15) is 29.3 Å². The zero-order valence-corrected chi connectivity index (χ0v) is 15.2. The maximum absolute atomic E-state index is 13.3. The molecule has 4 rings (SSSR count). The lowest BCUT2D eigenvalue weighted by molar-refractivity contribution is 0.414. The van der Waals surface area contributed by atoms with Crippen LogP contribution in [0.2, 0.25) is 0 Å². The molecule has 0 amide bonds.